The number of carboxylic acid groups (broad SMARTS) is 1. The number of rotatable bonds is 9. The number of benzene rings is 1. The van der Waals surface area contributed by atoms with Gasteiger partial charge in [-0.25, -0.2) is 4.98 Å². The summed E-state index contributed by atoms with van der Waals surface area (Å²) >= 11 is 0. The van der Waals surface area contributed by atoms with Gasteiger partial charge in [-0.2, -0.15) is 13.2 Å². The molecule has 146 valence electrons. The Balaban J connectivity index is 1.76. The normalized spacial score (nSPS) is 14.2. The monoisotopic (exact) mass is 385 g/mol. The minimum absolute atomic E-state index is 0.00520. The molecule has 1 heterocycles. The zero-order valence-corrected chi connectivity index (χ0v) is 14.3. The number of halogens is 3. The highest BCUT2D eigenvalue weighted by molar-refractivity contribution is 5.67. The van der Waals surface area contributed by atoms with E-state index in [0.717, 1.165) is 12.8 Å². The molecule has 0 atom stereocenters. The largest absolute Gasteiger partial charge is 0.489 e. The second kappa shape index (κ2) is 7.89. The minimum Gasteiger partial charge on any atom is -0.489 e. The Morgan fingerprint density at radius 2 is 2.04 bits per heavy atom. The Kier molecular flexibility index (Phi) is 5.57. The number of carbonyl (C=O) groups is 1. The molecule has 1 aliphatic rings. The highest BCUT2D eigenvalue weighted by Gasteiger charge is 2.29. The van der Waals surface area contributed by atoms with Crippen LogP contribution in [0.3, 0.4) is 0 Å². The van der Waals surface area contributed by atoms with Gasteiger partial charge in [0.25, 0.3) is 0 Å². The molecular formula is C18H18F3NO5. The average Bonchev–Trinajstić information content (AvgIpc) is 3.31. The highest BCUT2D eigenvalue weighted by atomic mass is 19.4. The van der Waals surface area contributed by atoms with Crippen LogP contribution in [0.1, 0.15) is 25.0 Å². The first-order valence-corrected chi connectivity index (χ1v) is 8.43. The van der Waals surface area contributed by atoms with Crippen molar-refractivity contribution in [2.75, 3.05) is 13.2 Å². The lowest BCUT2D eigenvalue weighted by molar-refractivity contribution is -0.153. The Morgan fingerprint density at radius 1 is 1.26 bits per heavy atom. The number of oxazole rings is 1. The molecule has 1 saturated carbocycles. The van der Waals surface area contributed by atoms with Gasteiger partial charge in [-0.15, -0.1) is 0 Å². The lowest BCUT2D eigenvalue weighted by Gasteiger charge is -2.14. The molecule has 9 heteroatoms. The molecule has 1 N–H and O–H groups in total. The number of hydrogen-bond acceptors (Lipinski definition) is 5. The number of carboxylic acids is 1. The zero-order chi connectivity index (χ0) is 19.4. The van der Waals surface area contributed by atoms with Crippen LogP contribution in [0, 0.1) is 5.92 Å². The molecule has 0 aliphatic heterocycles. The lowest BCUT2D eigenvalue weighted by atomic mass is 10.2. The number of hydrogen-bond donors (Lipinski definition) is 1. The van der Waals surface area contributed by atoms with Gasteiger partial charge in [0.15, 0.2) is 18.1 Å². The first-order chi connectivity index (χ1) is 12.8. The van der Waals surface area contributed by atoms with E-state index in [9.17, 15) is 18.0 Å². The summed E-state index contributed by atoms with van der Waals surface area (Å²) in [6, 6.07) is 4.41. The summed E-state index contributed by atoms with van der Waals surface area (Å²) in [7, 11) is 0. The molecule has 0 unspecified atom stereocenters. The van der Waals surface area contributed by atoms with Gasteiger partial charge in [-0.1, -0.05) is 0 Å². The van der Waals surface area contributed by atoms with Crippen LogP contribution in [-0.4, -0.2) is 35.4 Å². The summed E-state index contributed by atoms with van der Waals surface area (Å²) in [5, 5.41) is 8.71. The predicted molar refractivity (Wildman–Crippen MR) is 87.7 cm³/mol. The fourth-order valence-electron chi connectivity index (χ4n) is 2.31. The third kappa shape index (κ3) is 5.90. The average molecular weight is 385 g/mol. The van der Waals surface area contributed by atoms with Crippen molar-refractivity contribution in [3.63, 3.8) is 0 Å². The molecule has 0 spiro atoms. The van der Waals surface area contributed by atoms with Crippen molar-refractivity contribution in [3.05, 3.63) is 30.2 Å². The highest BCUT2D eigenvalue weighted by Crippen LogP contribution is 2.36. The fourth-order valence-corrected chi connectivity index (χ4v) is 2.31. The van der Waals surface area contributed by atoms with Gasteiger partial charge in [0.1, 0.15) is 6.26 Å². The van der Waals surface area contributed by atoms with E-state index in [2.05, 4.69) is 4.98 Å². The van der Waals surface area contributed by atoms with Gasteiger partial charge in [0, 0.05) is 12.0 Å². The topological polar surface area (TPSA) is 81.8 Å². The Morgan fingerprint density at radius 3 is 2.70 bits per heavy atom. The van der Waals surface area contributed by atoms with Crippen molar-refractivity contribution >= 4 is 5.97 Å². The van der Waals surface area contributed by atoms with E-state index in [1.165, 1.54) is 24.5 Å². The molecule has 1 fully saturated rings. The van der Waals surface area contributed by atoms with Crippen molar-refractivity contribution in [3.8, 4) is 23.0 Å². The Bertz CT molecular complexity index is 799. The van der Waals surface area contributed by atoms with Crippen LogP contribution in [0.25, 0.3) is 11.5 Å². The first-order valence-electron chi connectivity index (χ1n) is 8.43. The summed E-state index contributed by atoms with van der Waals surface area (Å²) in [6.45, 7) is -1.01. The van der Waals surface area contributed by atoms with Crippen molar-refractivity contribution in [2.24, 2.45) is 5.92 Å². The predicted octanol–water partition coefficient (Wildman–Crippen LogP) is 4.09. The summed E-state index contributed by atoms with van der Waals surface area (Å²) in [5.74, 6) is -0.118. The van der Waals surface area contributed by atoms with E-state index >= 15 is 0 Å². The first kappa shape index (κ1) is 19.1. The van der Waals surface area contributed by atoms with Crippen LogP contribution in [0.5, 0.6) is 11.5 Å². The fraction of sp³-hybridized carbons (Fsp3) is 0.444. The van der Waals surface area contributed by atoms with Gasteiger partial charge < -0.3 is 19.0 Å². The van der Waals surface area contributed by atoms with Gasteiger partial charge in [-0.3, -0.25) is 4.79 Å². The lowest BCUT2D eigenvalue weighted by Crippen LogP contribution is -2.19. The maximum atomic E-state index is 12.4. The molecule has 1 aliphatic carbocycles. The summed E-state index contributed by atoms with van der Waals surface area (Å²) in [4.78, 5) is 14.8. The van der Waals surface area contributed by atoms with Crippen molar-refractivity contribution in [1.29, 1.82) is 0 Å². The van der Waals surface area contributed by atoms with E-state index in [-0.39, 0.29) is 30.2 Å². The van der Waals surface area contributed by atoms with E-state index in [4.69, 9.17) is 19.0 Å². The van der Waals surface area contributed by atoms with E-state index in [1.54, 1.807) is 0 Å². The number of aliphatic carboxylic acids is 1. The smallest absolute Gasteiger partial charge is 0.422 e. The maximum absolute atomic E-state index is 12.4. The summed E-state index contributed by atoms with van der Waals surface area (Å²) in [6.07, 6.45) is -0.885. The standard InChI is InChI=1S/C18H18F3NO5/c19-18(20,21)10-27-14-5-3-12(7-15(14)25-8-11-1-2-11)17-22-13(9-26-17)4-6-16(23)24/h3,5,7,9,11H,1-2,4,6,8,10H2,(H,23,24). The number of alkyl halides is 3. The molecule has 27 heavy (non-hydrogen) atoms. The molecule has 6 nitrogen and oxygen atoms in total. The van der Waals surface area contributed by atoms with E-state index in [0.29, 0.717) is 23.8 Å². The van der Waals surface area contributed by atoms with Crippen LogP contribution in [-0.2, 0) is 11.2 Å². The summed E-state index contributed by atoms with van der Waals surface area (Å²) < 4.78 is 53.2. The van der Waals surface area contributed by atoms with Crippen molar-refractivity contribution < 1.29 is 37.0 Å². The zero-order valence-electron chi connectivity index (χ0n) is 14.3. The maximum Gasteiger partial charge on any atom is 0.422 e. The molecule has 2 aromatic rings. The molecular weight excluding hydrogens is 367 g/mol. The van der Waals surface area contributed by atoms with Crippen LogP contribution in [0.15, 0.2) is 28.9 Å². The molecule has 0 amide bonds. The van der Waals surface area contributed by atoms with Crippen molar-refractivity contribution in [2.45, 2.75) is 31.9 Å². The Labute approximate surface area is 152 Å². The summed E-state index contributed by atoms with van der Waals surface area (Å²) in [5.41, 5.74) is 0.979. The van der Waals surface area contributed by atoms with Gasteiger partial charge >= 0.3 is 12.1 Å². The molecule has 0 saturated heterocycles. The quantitative estimate of drug-likeness (QED) is 0.700. The molecule has 1 aromatic carbocycles. The van der Waals surface area contributed by atoms with Crippen LogP contribution < -0.4 is 9.47 Å². The minimum atomic E-state index is -4.45. The second-order valence-electron chi connectivity index (χ2n) is 6.36. The number of aryl methyl sites for hydroxylation is 1. The van der Waals surface area contributed by atoms with Gasteiger partial charge in [-0.05, 0) is 37.0 Å². The van der Waals surface area contributed by atoms with Crippen LogP contribution >= 0.6 is 0 Å². The second-order valence-corrected chi connectivity index (χ2v) is 6.36. The van der Waals surface area contributed by atoms with E-state index in [1.807, 2.05) is 0 Å². The van der Waals surface area contributed by atoms with Crippen molar-refractivity contribution in [1.82, 2.24) is 4.98 Å². The van der Waals surface area contributed by atoms with Gasteiger partial charge in [0.2, 0.25) is 5.89 Å². The molecule has 3 rings (SSSR count). The SMILES string of the molecule is O=C(O)CCc1coc(-c2ccc(OCC(F)(F)F)c(OCC3CC3)c2)n1. The number of nitrogens with zero attached hydrogens (tertiary/aromatic N) is 1. The van der Waals surface area contributed by atoms with E-state index < -0.39 is 18.8 Å². The molecule has 1 aromatic heterocycles. The Hall–Kier alpha value is -2.71. The molecule has 0 radical (unpaired) electrons. The van der Waals surface area contributed by atoms with Crippen LogP contribution in [0.4, 0.5) is 13.2 Å². The number of aromatic nitrogens is 1. The van der Waals surface area contributed by atoms with Gasteiger partial charge in [0.05, 0.1) is 18.7 Å². The third-order valence-corrected chi connectivity index (χ3v) is 3.90. The molecule has 0 bridgehead atoms. The third-order valence-electron chi connectivity index (χ3n) is 3.90. The van der Waals surface area contributed by atoms with Crippen LogP contribution in [0.2, 0.25) is 0 Å². The number of ether oxygens (including phenoxy) is 2.